The topological polar surface area (TPSA) is 29.1 Å². The fourth-order valence-electron chi connectivity index (χ4n) is 1.63. The van der Waals surface area contributed by atoms with Crippen LogP contribution in [0.1, 0.15) is 5.56 Å². The summed E-state index contributed by atoms with van der Waals surface area (Å²) in [5.74, 6) is 0.0299. The van der Waals surface area contributed by atoms with Crippen LogP contribution in [0.5, 0.6) is 0 Å². The monoisotopic (exact) mass is 343 g/mol. The molecule has 6 heteroatoms. The van der Waals surface area contributed by atoms with Gasteiger partial charge in [-0.05, 0) is 29.8 Å². The lowest BCUT2D eigenvalue weighted by atomic mass is 10.2. The van der Waals surface area contributed by atoms with Crippen LogP contribution < -0.4 is 5.32 Å². The normalized spacial score (nSPS) is 10.4. The van der Waals surface area contributed by atoms with Crippen molar-refractivity contribution >= 4 is 46.6 Å². The summed E-state index contributed by atoms with van der Waals surface area (Å²) in [5.41, 5.74) is 1.17. The Morgan fingerprint density at radius 3 is 2.57 bits per heavy atom. The second kappa shape index (κ2) is 7.69. The van der Waals surface area contributed by atoms with Crippen molar-refractivity contribution in [3.63, 3.8) is 0 Å². The van der Waals surface area contributed by atoms with Crippen LogP contribution in [0.3, 0.4) is 0 Å². The molecule has 0 saturated heterocycles. The number of amides is 1. The predicted octanol–water partition coefficient (Wildman–Crippen LogP) is 5.00. The minimum Gasteiger partial charge on any atom is -0.323 e. The van der Waals surface area contributed by atoms with E-state index in [-0.39, 0.29) is 22.4 Å². The highest BCUT2D eigenvalue weighted by molar-refractivity contribution is 7.99. The van der Waals surface area contributed by atoms with Crippen LogP contribution in [-0.4, -0.2) is 11.7 Å². The Morgan fingerprint density at radius 1 is 1.14 bits per heavy atom. The van der Waals surface area contributed by atoms with Crippen LogP contribution in [0.15, 0.2) is 42.5 Å². The Morgan fingerprint density at radius 2 is 1.86 bits per heavy atom. The summed E-state index contributed by atoms with van der Waals surface area (Å²) in [6.45, 7) is 0. The third-order valence-corrected chi connectivity index (χ3v) is 4.19. The molecule has 21 heavy (non-hydrogen) atoms. The van der Waals surface area contributed by atoms with E-state index in [1.165, 1.54) is 23.9 Å². The minimum absolute atomic E-state index is 0.0124. The minimum atomic E-state index is -0.616. The number of carbonyl (C=O) groups excluding carboxylic acids is 1. The second-order valence-electron chi connectivity index (χ2n) is 4.27. The lowest BCUT2D eigenvalue weighted by Crippen LogP contribution is -2.15. The van der Waals surface area contributed by atoms with Crippen molar-refractivity contribution in [2.24, 2.45) is 0 Å². The molecule has 0 spiro atoms. The maximum absolute atomic E-state index is 13.6. The Hall–Kier alpha value is -1.23. The highest BCUT2D eigenvalue weighted by Crippen LogP contribution is 2.22. The van der Waals surface area contributed by atoms with E-state index in [9.17, 15) is 9.18 Å². The van der Waals surface area contributed by atoms with Gasteiger partial charge in [0.1, 0.15) is 0 Å². The Labute approximate surface area is 136 Å². The molecule has 2 rings (SSSR count). The van der Waals surface area contributed by atoms with Crippen molar-refractivity contribution in [2.45, 2.75) is 5.75 Å². The summed E-state index contributed by atoms with van der Waals surface area (Å²) in [5, 5.41) is 3.17. The zero-order valence-corrected chi connectivity index (χ0v) is 13.2. The second-order valence-corrected chi connectivity index (χ2v) is 6.10. The fraction of sp³-hybridized carbons (Fsp3) is 0.133. The first-order valence-electron chi connectivity index (χ1n) is 6.12. The molecule has 0 radical (unpaired) electrons. The van der Waals surface area contributed by atoms with Gasteiger partial charge in [-0.3, -0.25) is 4.79 Å². The molecule has 110 valence electrons. The number of anilines is 1. The summed E-state index contributed by atoms with van der Waals surface area (Å²) in [7, 11) is 0. The molecular formula is C15H12Cl2FNOS. The third kappa shape index (κ3) is 4.92. The quantitative estimate of drug-likeness (QED) is 0.827. The maximum atomic E-state index is 13.6. The number of carbonyl (C=O) groups is 1. The first-order valence-corrected chi connectivity index (χ1v) is 8.03. The van der Waals surface area contributed by atoms with Gasteiger partial charge in [-0.1, -0.05) is 41.4 Å². The van der Waals surface area contributed by atoms with Gasteiger partial charge < -0.3 is 5.32 Å². The molecule has 0 aromatic heterocycles. The van der Waals surface area contributed by atoms with Gasteiger partial charge in [-0.25, -0.2) is 4.39 Å². The number of nitrogens with one attached hydrogen (secondary N) is 1. The molecule has 0 unspecified atom stereocenters. The van der Waals surface area contributed by atoms with Gasteiger partial charge in [0, 0.05) is 10.8 Å². The van der Waals surface area contributed by atoms with Crippen molar-refractivity contribution in [3.8, 4) is 0 Å². The Balaban J connectivity index is 1.82. The van der Waals surface area contributed by atoms with Gasteiger partial charge in [0.2, 0.25) is 5.91 Å². The molecule has 0 atom stereocenters. The van der Waals surface area contributed by atoms with E-state index in [2.05, 4.69) is 5.32 Å². The number of halogens is 3. The van der Waals surface area contributed by atoms with Crippen molar-refractivity contribution in [1.82, 2.24) is 0 Å². The molecule has 0 aliphatic rings. The number of thioether (sulfide) groups is 1. The molecule has 0 aliphatic heterocycles. The standard InChI is InChI=1S/C15H12Cl2FNOS/c16-11-6-4-10(5-7-11)8-21-9-14(20)19-13-3-1-2-12(17)15(13)18/h1-7H,8-9H2,(H,19,20). The molecule has 1 N–H and O–H groups in total. The summed E-state index contributed by atoms with van der Waals surface area (Å²) in [6.07, 6.45) is 0. The van der Waals surface area contributed by atoms with Crippen LogP contribution in [0.4, 0.5) is 10.1 Å². The number of hydrogen-bond acceptors (Lipinski definition) is 2. The first kappa shape index (κ1) is 16.1. The number of rotatable bonds is 5. The molecule has 0 bridgehead atoms. The molecule has 0 aliphatic carbocycles. The highest BCUT2D eigenvalue weighted by atomic mass is 35.5. The first-order chi connectivity index (χ1) is 10.1. The summed E-state index contributed by atoms with van der Waals surface area (Å²) < 4.78 is 13.6. The van der Waals surface area contributed by atoms with E-state index in [4.69, 9.17) is 23.2 Å². The smallest absolute Gasteiger partial charge is 0.234 e. The van der Waals surface area contributed by atoms with Crippen LogP contribution in [-0.2, 0) is 10.5 Å². The van der Waals surface area contributed by atoms with Gasteiger partial charge >= 0.3 is 0 Å². The van der Waals surface area contributed by atoms with E-state index in [0.717, 1.165) is 5.56 Å². The van der Waals surface area contributed by atoms with Gasteiger partial charge in [-0.15, -0.1) is 11.8 Å². The van der Waals surface area contributed by atoms with Gasteiger partial charge in [0.25, 0.3) is 0 Å². The van der Waals surface area contributed by atoms with E-state index >= 15 is 0 Å². The van der Waals surface area contributed by atoms with Gasteiger partial charge in [-0.2, -0.15) is 0 Å². The van der Waals surface area contributed by atoms with Crippen molar-refractivity contribution in [1.29, 1.82) is 0 Å². The molecule has 0 heterocycles. The van der Waals surface area contributed by atoms with Crippen molar-refractivity contribution < 1.29 is 9.18 Å². The lowest BCUT2D eigenvalue weighted by Gasteiger charge is -2.07. The molecule has 2 nitrogen and oxygen atoms in total. The van der Waals surface area contributed by atoms with Gasteiger partial charge in [0.05, 0.1) is 16.5 Å². The Bertz CT molecular complexity index is 634. The van der Waals surface area contributed by atoms with E-state index < -0.39 is 5.82 Å². The van der Waals surface area contributed by atoms with E-state index in [1.807, 2.05) is 12.1 Å². The predicted molar refractivity (Wildman–Crippen MR) is 87.7 cm³/mol. The SMILES string of the molecule is O=C(CSCc1ccc(Cl)cc1)Nc1cccc(Cl)c1F. The number of benzene rings is 2. The van der Waals surface area contributed by atoms with Crippen LogP contribution in [0, 0.1) is 5.82 Å². The zero-order valence-electron chi connectivity index (χ0n) is 10.9. The third-order valence-electron chi connectivity index (χ3n) is 2.64. The van der Waals surface area contributed by atoms with Gasteiger partial charge in [0.15, 0.2) is 5.82 Å². The maximum Gasteiger partial charge on any atom is 0.234 e. The molecule has 1 amide bonds. The van der Waals surface area contributed by atoms with Crippen LogP contribution in [0.2, 0.25) is 10.0 Å². The number of hydrogen-bond donors (Lipinski definition) is 1. The average molecular weight is 344 g/mol. The largest absolute Gasteiger partial charge is 0.323 e. The van der Waals surface area contributed by atoms with Crippen LogP contribution in [0.25, 0.3) is 0 Å². The Kier molecular flexibility index (Phi) is 5.91. The average Bonchev–Trinajstić information content (AvgIpc) is 2.46. The van der Waals surface area contributed by atoms with Crippen LogP contribution >= 0.6 is 35.0 Å². The summed E-state index contributed by atoms with van der Waals surface area (Å²) >= 11 is 12.9. The molecular weight excluding hydrogens is 332 g/mol. The van der Waals surface area contributed by atoms with E-state index in [1.54, 1.807) is 18.2 Å². The molecule has 0 fully saturated rings. The molecule has 0 saturated carbocycles. The van der Waals surface area contributed by atoms with Crippen molar-refractivity contribution in [3.05, 3.63) is 63.9 Å². The molecule has 2 aromatic carbocycles. The highest BCUT2D eigenvalue weighted by Gasteiger charge is 2.09. The fourth-order valence-corrected chi connectivity index (χ4v) is 2.72. The summed E-state index contributed by atoms with van der Waals surface area (Å²) in [6, 6.07) is 11.9. The van der Waals surface area contributed by atoms with Crippen molar-refractivity contribution in [2.75, 3.05) is 11.1 Å². The van der Waals surface area contributed by atoms with E-state index in [0.29, 0.717) is 10.8 Å². The zero-order chi connectivity index (χ0) is 15.2. The molecule has 2 aromatic rings. The summed E-state index contributed by atoms with van der Waals surface area (Å²) in [4.78, 5) is 11.8. The lowest BCUT2D eigenvalue weighted by molar-refractivity contribution is -0.113.